The SMILES string of the molecule is COc1cc(C2CC(=O)Nc3c2c(=O)[nH]n3C2CCOCC2)cc(OC)c1O. The van der Waals surface area contributed by atoms with E-state index in [1.807, 2.05) is 0 Å². The summed E-state index contributed by atoms with van der Waals surface area (Å²) in [6.07, 6.45) is 1.64. The molecule has 4 rings (SSSR count). The molecule has 2 aromatic rings. The summed E-state index contributed by atoms with van der Waals surface area (Å²) in [6, 6.07) is 3.33. The van der Waals surface area contributed by atoms with Crippen LogP contribution in [0, 0.1) is 0 Å². The number of rotatable bonds is 4. The molecule has 1 fully saturated rings. The van der Waals surface area contributed by atoms with Gasteiger partial charge in [0.05, 0.1) is 25.8 Å². The van der Waals surface area contributed by atoms with Gasteiger partial charge in [-0.2, -0.15) is 0 Å². The molecule has 9 heteroatoms. The Morgan fingerprint density at radius 1 is 1.14 bits per heavy atom. The van der Waals surface area contributed by atoms with E-state index in [0.717, 1.165) is 12.8 Å². The molecule has 28 heavy (non-hydrogen) atoms. The van der Waals surface area contributed by atoms with E-state index in [9.17, 15) is 14.7 Å². The van der Waals surface area contributed by atoms with Crippen LogP contribution < -0.4 is 20.3 Å². The third-order valence-electron chi connectivity index (χ3n) is 5.42. The lowest BCUT2D eigenvalue weighted by Crippen LogP contribution is -2.28. The number of benzene rings is 1. The summed E-state index contributed by atoms with van der Waals surface area (Å²) in [4.78, 5) is 25.3. The Morgan fingerprint density at radius 2 is 1.79 bits per heavy atom. The fraction of sp³-hybridized carbons (Fsp3) is 0.474. The lowest BCUT2D eigenvalue weighted by molar-refractivity contribution is -0.116. The molecule has 2 aliphatic heterocycles. The topological polar surface area (TPSA) is 115 Å². The number of carbonyl (C=O) groups excluding carboxylic acids is 1. The highest BCUT2D eigenvalue weighted by molar-refractivity contribution is 5.94. The fourth-order valence-corrected chi connectivity index (χ4v) is 4.00. The molecule has 3 heterocycles. The number of amides is 1. The van der Waals surface area contributed by atoms with Crippen molar-refractivity contribution < 1.29 is 24.1 Å². The number of aromatic hydroxyl groups is 1. The molecule has 1 saturated heterocycles. The number of phenolic OH excluding ortho intramolecular Hbond substituents is 1. The van der Waals surface area contributed by atoms with E-state index < -0.39 is 5.92 Å². The van der Waals surface area contributed by atoms with Gasteiger partial charge >= 0.3 is 0 Å². The summed E-state index contributed by atoms with van der Waals surface area (Å²) >= 11 is 0. The number of fused-ring (bicyclic) bond motifs is 1. The Hall–Kier alpha value is -2.94. The first kappa shape index (κ1) is 18.4. The van der Waals surface area contributed by atoms with Crippen molar-refractivity contribution in [3.05, 3.63) is 33.6 Å². The van der Waals surface area contributed by atoms with E-state index in [0.29, 0.717) is 30.2 Å². The van der Waals surface area contributed by atoms with Gasteiger partial charge in [-0.15, -0.1) is 0 Å². The first-order valence-corrected chi connectivity index (χ1v) is 9.20. The summed E-state index contributed by atoms with van der Waals surface area (Å²) in [5, 5.41) is 15.9. The molecular formula is C19H23N3O6. The number of hydrogen-bond acceptors (Lipinski definition) is 6. The number of carbonyl (C=O) groups is 1. The molecule has 1 aromatic heterocycles. The van der Waals surface area contributed by atoms with Crippen molar-refractivity contribution in [1.29, 1.82) is 0 Å². The van der Waals surface area contributed by atoms with E-state index in [1.54, 1.807) is 16.8 Å². The van der Waals surface area contributed by atoms with Crippen molar-refractivity contribution in [2.45, 2.75) is 31.2 Å². The molecule has 0 saturated carbocycles. The molecule has 1 atom stereocenters. The summed E-state index contributed by atoms with van der Waals surface area (Å²) in [5.74, 6) is 0.178. The molecule has 3 N–H and O–H groups in total. The van der Waals surface area contributed by atoms with Crippen molar-refractivity contribution in [3.63, 3.8) is 0 Å². The minimum atomic E-state index is -0.475. The standard InChI is InChI=1S/C19H23N3O6/c1-26-13-7-10(8-14(27-2)17(13)24)12-9-15(23)20-18-16(12)19(25)21-22(18)11-3-5-28-6-4-11/h7-8,11-12,24H,3-6,9H2,1-2H3,(H,20,23)(H,21,25). The molecule has 9 nitrogen and oxygen atoms in total. The Labute approximate surface area is 161 Å². The van der Waals surface area contributed by atoms with E-state index >= 15 is 0 Å². The molecule has 0 spiro atoms. The van der Waals surface area contributed by atoms with E-state index in [-0.39, 0.29) is 41.2 Å². The second-order valence-corrected chi connectivity index (χ2v) is 7.00. The Balaban J connectivity index is 1.83. The second kappa shape index (κ2) is 7.23. The zero-order chi connectivity index (χ0) is 19.8. The largest absolute Gasteiger partial charge is 0.502 e. The number of aromatic amines is 1. The lowest BCUT2D eigenvalue weighted by atomic mass is 9.86. The third-order valence-corrected chi connectivity index (χ3v) is 5.42. The molecule has 2 aliphatic rings. The van der Waals surface area contributed by atoms with E-state index in [4.69, 9.17) is 14.2 Å². The van der Waals surface area contributed by atoms with Crippen LogP contribution in [0.3, 0.4) is 0 Å². The number of aromatic nitrogens is 2. The molecular weight excluding hydrogens is 366 g/mol. The highest BCUT2D eigenvalue weighted by atomic mass is 16.5. The molecule has 1 aromatic carbocycles. The van der Waals surface area contributed by atoms with Crippen LogP contribution in [0.4, 0.5) is 5.82 Å². The van der Waals surface area contributed by atoms with Gasteiger partial charge in [0.2, 0.25) is 11.7 Å². The molecule has 0 aliphatic carbocycles. The second-order valence-electron chi connectivity index (χ2n) is 7.00. The monoisotopic (exact) mass is 389 g/mol. The highest BCUT2D eigenvalue weighted by Crippen LogP contribution is 2.43. The summed E-state index contributed by atoms with van der Waals surface area (Å²) in [6.45, 7) is 1.23. The lowest BCUT2D eigenvalue weighted by Gasteiger charge is -2.28. The number of nitrogens with one attached hydrogen (secondary N) is 2. The fourth-order valence-electron chi connectivity index (χ4n) is 4.00. The van der Waals surface area contributed by atoms with Gasteiger partial charge in [-0.25, -0.2) is 0 Å². The highest BCUT2D eigenvalue weighted by Gasteiger charge is 2.35. The van der Waals surface area contributed by atoms with Crippen LogP contribution in [0.25, 0.3) is 0 Å². The smallest absolute Gasteiger partial charge is 0.270 e. The minimum Gasteiger partial charge on any atom is -0.502 e. The third kappa shape index (κ3) is 3.01. The minimum absolute atomic E-state index is 0.0631. The van der Waals surface area contributed by atoms with Gasteiger partial charge < -0.3 is 24.6 Å². The molecule has 1 unspecified atom stereocenters. The van der Waals surface area contributed by atoms with Gasteiger partial charge in [0.15, 0.2) is 11.5 Å². The van der Waals surface area contributed by atoms with Crippen LogP contribution in [0.15, 0.2) is 16.9 Å². The quantitative estimate of drug-likeness (QED) is 0.734. The normalized spacial score (nSPS) is 19.8. The van der Waals surface area contributed by atoms with Crippen LogP contribution in [0.1, 0.15) is 42.3 Å². The Bertz CT molecular complexity index is 932. The average molecular weight is 389 g/mol. The van der Waals surface area contributed by atoms with Crippen molar-refractivity contribution in [2.24, 2.45) is 0 Å². The Morgan fingerprint density at radius 3 is 2.39 bits per heavy atom. The zero-order valence-electron chi connectivity index (χ0n) is 15.8. The number of ether oxygens (including phenoxy) is 3. The average Bonchev–Trinajstić information content (AvgIpc) is 3.04. The summed E-state index contributed by atoms with van der Waals surface area (Å²) in [5.41, 5.74) is 0.927. The van der Waals surface area contributed by atoms with Gasteiger partial charge in [0, 0.05) is 25.6 Å². The number of phenols is 1. The van der Waals surface area contributed by atoms with Crippen molar-refractivity contribution in [3.8, 4) is 17.2 Å². The maximum atomic E-state index is 12.8. The van der Waals surface area contributed by atoms with Crippen molar-refractivity contribution in [2.75, 3.05) is 32.8 Å². The van der Waals surface area contributed by atoms with Crippen LogP contribution in [0.5, 0.6) is 17.2 Å². The Kier molecular flexibility index (Phi) is 4.76. The number of H-pyrrole nitrogens is 1. The molecule has 1 amide bonds. The first-order valence-electron chi connectivity index (χ1n) is 9.20. The van der Waals surface area contributed by atoms with Gasteiger partial charge in [0.1, 0.15) is 5.82 Å². The van der Waals surface area contributed by atoms with Crippen LogP contribution >= 0.6 is 0 Å². The van der Waals surface area contributed by atoms with E-state index in [1.165, 1.54) is 14.2 Å². The van der Waals surface area contributed by atoms with Crippen LogP contribution in [0.2, 0.25) is 0 Å². The van der Waals surface area contributed by atoms with Crippen molar-refractivity contribution >= 4 is 11.7 Å². The van der Waals surface area contributed by atoms with Crippen molar-refractivity contribution in [1.82, 2.24) is 9.78 Å². The van der Waals surface area contributed by atoms with Gasteiger partial charge in [0.25, 0.3) is 5.56 Å². The van der Waals surface area contributed by atoms with Gasteiger partial charge in [-0.1, -0.05) is 0 Å². The maximum Gasteiger partial charge on any atom is 0.270 e. The van der Waals surface area contributed by atoms with Gasteiger partial charge in [-0.05, 0) is 30.5 Å². The number of nitrogens with zero attached hydrogens (tertiary/aromatic N) is 1. The maximum absolute atomic E-state index is 12.8. The van der Waals surface area contributed by atoms with Gasteiger partial charge in [-0.3, -0.25) is 19.4 Å². The molecule has 0 bridgehead atoms. The molecule has 0 radical (unpaired) electrons. The number of methoxy groups -OCH3 is 2. The predicted octanol–water partition coefficient (Wildman–Crippen LogP) is 1.72. The first-order chi connectivity index (χ1) is 13.5. The number of hydrogen-bond donors (Lipinski definition) is 3. The van der Waals surface area contributed by atoms with E-state index in [2.05, 4.69) is 10.4 Å². The van der Waals surface area contributed by atoms with Crippen LogP contribution in [-0.4, -0.2) is 48.2 Å². The molecule has 150 valence electrons. The summed E-state index contributed by atoms with van der Waals surface area (Å²) < 4.78 is 17.6. The predicted molar refractivity (Wildman–Crippen MR) is 100 cm³/mol. The summed E-state index contributed by atoms with van der Waals surface area (Å²) in [7, 11) is 2.87. The van der Waals surface area contributed by atoms with Crippen LogP contribution in [-0.2, 0) is 9.53 Å². The zero-order valence-corrected chi connectivity index (χ0v) is 15.8. The number of anilines is 1.